The van der Waals surface area contributed by atoms with E-state index in [-0.39, 0.29) is 0 Å². The van der Waals surface area contributed by atoms with Crippen molar-refractivity contribution in [2.24, 2.45) is 17.3 Å². The number of aryl methyl sites for hydroxylation is 2. The molecule has 3 atom stereocenters. The van der Waals surface area contributed by atoms with Gasteiger partial charge in [-0.3, -0.25) is 0 Å². The van der Waals surface area contributed by atoms with Gasteiger partial charge in [0.2, 0.25) is 0 Å². The summed E-state index contributed by atoms with van der Waals surface area (Å²) in [5, 5.41) is 2.90. The number of hydrogen-bond donors (Lipinski definition) is 0. The smallest absolute Gasteiger partial charge is 0.0168 e. The van der Waals surface area contributed by atoms with Crippen LogP contribution in [0.4, 0.5) is 0 Å². The third-order valence-corrected chi connectivity index (χ3v) is 6.82. The highest BCUT2D eigenvalue weighted by molar-refractivity contribution is 5.85. The molecule has 1 saturated carbocycles. The monoisotopic (exact) mass is 302 g/mol. The topological polar surface area (TPSA) is 0 Å². The largest absolute Gasteiger partial charge is 0.0851 e. The molecular formula is C23H26. The molecule has 2 aromatic carbocycles. The summed E-state index contributed by atoms with van der Waals surface area (Å²) in [7, 11) is 0. The minimum Gasteiger partial charge on any atom is -0.0851 e. The molecule has 0 heterocycles. The number of hydrogen-bond acceptors (Lipinski definition) is 0. The molecule has 23 heavy (non-hydrogen) atoms. The quantitative estimate of drug-likeness (QED) is 0.609. The van der Waals surface area contributed by atoms with Gasteiger partial charge in [0, 0.05) is 0 Å². The highest BCUT2D eigenvalue weighted by Gasteiger charge is 2.49. The molecule has 3 aliphatic rings. The summed E-state index contributed by atoms with van der Waals surface area (Å²) in [5.74, 6) is 1.75. The van der Waals surface area contributed by atoms with Crippen LogP contribution in [0.5, 0.6) is 0 Å². The first-order valence-corrected chi connectivity index (χ1v) is 9.48. The van der Waals surface area contributed by atoms with Crippen LogP contribution in [-0.2, 0) is 19.3 Å². The van der Waals surface area contributed by atoms with Crippen molar-refractivity contribution in [1.82, 2.24) is 0 Å². The van der Waals surface area contributed by atoms with Crippen molar-refractivity contribution in [3.63, 3.8) is 0 Å². The first-order valence-electron chi connectivity index (χ1n) is 9.48. The van der Waals surface area contributed by atoms with Crippen LogP contribution in [-0.4, -0.2) is 0 Å². The zero-order chi connectivity index (χ0) is 15.4. The van der Waals surface area contributed by atoms with Crippen molar-refractivity contribution in [2.45, 2.75) is 51.9 Å². The molecule has 0 nitrogen and oxygen atoms in total. The van der Waals surface area contributed by atoms with Gasteiger partial charge in [0.15, 0.2) is 0 Å². The van der Waals surface area contributed by atoms with E-state index in [1.54, 1.807) is 11.1 Å². The van der Waals surface area contributed by atoms with Gasteiger partial charge in [0.1, 0.15) is 0 Å². The first-order chi connectivity index (χ1) is 11.3. The lowest BCUT2D eigenvalue weighted by Gasteiger charge is -2.40. The maximum Gasteiger partial charge on any atom is -0.0168 e. The van der Waals surface area contributed by atoms with Gasteiger partial charge in [-0.15, -0.1) is 0 Å². The molecular weight excluding hydrogens is 276 g/mol. The third kappa shape index (κ3) is 2.11. The van der Waals surface area contributed by atoms with E-state index in [1.807, 2.05) is 0 Å². The molecule has 0 radical (unpaired) electrons. The van der Waals surface area contributed by atoms with E-state index in [9.17, 15) is 0 Å². The molecule has 118 valence electrons. The molecule has 2 aromatic rings. The second-order valence-corrected chi connectivity index (χ2v) is 8.28. The summed E-state index contributed by atoms with van der Waals surface area (Å²) < 4.78 is 0. The molecule has 3 aliphatic carbocycles. The molecule has 3 unspecified atom stereocenters. The molecule has 0 amide bonds. The maximum atomic E-state index is 2.54. The molecule has 0 aliphatic heterocycles. The number of rotatable bonds is 2. The summed E-state index contributed by atoms with van der Waals surface area (Å²) in [5.41, 5.74) is 5.37. The summed E-state index contributed by atoms with van der Waals surface area (Å²) in [6, 6.07) is 12.1. The Labute approximate surface area is 139 Å². The Kier molecular flexibility index (Phi) is 2.99. The molecule has 1 spiro atoms. The van der Waals surface area contributed by atoms with Gasteiger partial charge in [0.05, 0.1) is 0 Å². The summed E-state index contributed by atoms with van der Waals surface area (Å²) >= 11 is 0. The highest BCUT2D eigenvalue weighted by Crippen LogP contribution is 2.57. The van der Waals surface area contributed by atoms with E-state index < -0.39 is 0 Å². The molecule has 0 saturated heterocycles. The van der Waals surface area contributed by atoms with E-state index in [0.717, 1.165) is 11.8 Å². The van der Waals surface area contributed by atoms with Crippen LogP contribution in [0.3, 0.4) is 0 Å². The lowest BCUT2D eigenvalue weighted by molar-refractivity contribution is 0.195. The SMILES string of the molecule is CCCc1ccc2cc3c(cc2c1)CCC1(C3)CC2C=CC1C2. The van der Waals surface area contributed by atoms with E-state index in [1.165, 1.54) is 61.3 Å². The van der Waals surface area contributed by atoms with Gasteiger partial charge in [0.25, 0.3) is 0 Å². The first kappa shape index (κ1) is 13.8. The molecule has 0 aromatic heterocycles. The van der Waals surface area contributed by atoms with Crippen LogP contribution in [0.25, 0.3) is 10.8 Å². The van der Waals surface area contributed by atoms with Gasteiger partial charge in [-0.2, -0.15) is 0 Å². The molecule has 0 N–H and O–H groups in total. The zero-order valence-corrected chi connectivity index (χ0v) is 14.1. The van der Waals surface area contributed by atoms with Gasteiger partial charge >= 0.3 is 0 Å². The second-order valence-electron chi connectivity index (χ2n) is 8.28. The Bertz CT molecular complexity index is 797. The average Bonchev–Trinajstić information content (AvgIpc) is 3.14. The van der Waals surface area contributed by atoms with Gasteiger partial charge < -0.3 is 0 Å². The Morgan fingerprint density at radius 1 is 1.04 bits per heavy atom. The zero-order valence-electron chi connectivity index (χ0n) is 14.1. The number of benzene rings is 2. The Hall–Kier alpha value is -1.56. The molecule has 5 rings (SSSR count). The van der Waals surface area contributed by atoms with Crippen LogP contribution < -0.4 is 0 Å². The van der Waals surface area contributed by atoms with Gasteiger partial charge in [-0.05, 0) is 83.2 Å². The van der Waals surface area contributed by atoms with Crippen molar-refractivity contribution >= 4 is 10.8 Å². The van der Waals surface area contributed by atoms with Crippen LogP contribution in [0.15, 0.2) is 42.5 Å². The van der Waals surface area contributed by atoms with Crippen LogP contribution >= 0.6 is 0 Å². The van der Waals surface area contributed by atoms with E-state index in [4.69, 9.17) is 0 Å². The Morgan fingerprint density at radius 3 is 2.74 bits per heavy atom. The maximum absolute atomic E-state index is 2.54. The lowest BCUT2D eigenvalue weighted by Crippen LogP contribution is -2.32. The summed E-state index contributed by atoms with van der Waals surface area (Å²) in [6.07, 6.45) is 14.4. The average molecular weight is 302 g/mol. The lowest BCUT2D eigenvalue weighted by atomic mass is 9.64. The Morgan fingerprint density at radius 2 is 1.96 bits per heavy atom. The minimum absolute atomic E-state index is 0.599. The fourth-order valence-electron chi connectivity index (χ4n) is 5.68. The predicted octanol–water partition coefficient (Wildman–Crippen LogP) is 5.86. The standard InChI is InChI=1S/C23H26/c1-2-3-16-4-6-18-13-21-15-23(14-17-5-7-22(23)11-17)9-8-19(21)12-20(18)10-16/h4-7,10,12-13,17,22H,2-3,8-9,11,14-15H2,1H3. The molecule has 0 heteroatoms. The van der Waals surface area contributed by atoms with Crippen molar-refractivity contribution in [3.05, 3.63) is 59.2 Å². The molecule has 1 fully saturated rings. The van der Waals surface area contributed by atoms with Crippen molar-refractivity contribution in [3.8, 4) is 0 Å². The van der Waals surface area contributed by atoms with Crippen LogP contribution in [0.1, 0.15) is 49.3 Å². The van der Waals surface area contributed by atoms with E-state index >= 15 is 0 Å². The number of fused-ring (bicyclic) bond motifs is 5. The fraction of sp³-hybridized carbons (Fsp3) is 0.478. The Balaban J connectivity index is 1.53. The van der Waals surface area contributed by atoms with E-state index in [0.29, 0.717) is 5.41 Å². The van der Waals surface area contributed by atoms with Crippen molar-refractivity contribution < 1.29 is 0 Å². The summed E-state index contributed by atoms with van der Waals surface area (Å²) in [6.45, 7) is 2.26. The van der Waals surface area contributed by atoms with Gasteiger partial charge in [-0.1, -0.05) is 55.8 Å². The van der Waals surface area contributed by atoms with Gasteiger partial charge in [-0.25, -0.2) is 0 Å². The predicted molar refractivity (Wildman–Crippen MR) is 97.8 cm³/mol. The van der Waals surface area contributed by atoms with Crippen molar-refractivity contribution in [1.29, 1.82) is 0 Å². The number of allylic oxidation sites excluding steroid dienone is 2. The van der Waals surface area contributed by atoms with Crippen LogP contribution in [0.2, 0.25) is 0 Å². The van der Waals surface area contributed by atoms with Crippen molar-refractivity contribution in [2.75, 3.05) is 0 Å². The third-order valence-electron chi connectivity index (χ3n) is 6.82. The summed E-state index contributed by atoms with van der Waals surface area (Å²) in [4.78, 5) is 0. The molecule has 2 bridgehead atoms. The van der Waals surface area contributed by atoms with Crippen LogP contribution in [0, 0.1) is 17.3 Å². The minimum atomic E-state index is 0.599. The normalized spacial score (nSPS) is 31.2. The van der Waals surface area contributed by atoms with E-state index in [2.05, 4.69) is 49.4 Å². The second kappa shape index (κ2) is 4.97. The highest BCUT2D eigenvalue weighted by atomic mass is 14.5. The fourth-order valence-corrected chi connectivity index (χ4v) is 5.68.